The molecule has 0 heterocycles. The van der Waals surface area contributed by atoms with E-state index in [0.29, 0.717) is 26.9 Å². The van der Waals surface area contributed by atoms with Crippen molar-refractivity contribution in [3.8, 4) is 6.07 Å². The van der Waals surface area contributed by atoms with Gasteiger partial charge in [0.15, 0.2) is 0 Å². The van der Waals surface area contributed by atoms with Crippen LogP contribution in [0.15, 0.2) is 72.8 Å². The molecule has 1 atom stereocenters. The molecule has 3 aromatic rings. The lowest BCUT2D eigenvalue weighted by atomic mass is 9.92. The fourth-order valence-electron chi connectivity index (χ4n) is 2.65. The first kappa shape index (κ1) is 18.0. The van der Waals surface area contributed by atoms with Crippen LogP contribution in [0.3, 0.4) is 0 Å². The van der Waals surface area contributed by atoms with Crippen LogP contribution in [0, 0.1) is 11.3 Å². The summed E-state index contributed by atoms with van der Waals surface area (Å²) in [6.07, 6.45) is 0. The summed E-state index contributed by atoms with van der Waals surface area (Å²) >= 11 is 12.4. The number of benzene rings is 3. The van der Waals surface area contributed by atoms with Crippen LogP contribution in [0.5, 0.6) is 0 Å². The van der Waals surface area contributed by atoms with E-state index in [1.807, 2.05) is 30.3 Å². The van der Waals surface area contributed by atoms with Gasteiger partial charge in [-0.1, -0.05) is 71.7 Å². The second-order valence-electron chi connectivity index (χ2n) is 5.64. The van der Waals surface area contributed by atoms with Gasteiger partial charge in [0.25, 0.3) is 5.91 Å². The molecule has 1 amide bonds. The van der Waals surface area contributed by atoms with Crippen LogP contribution in [0.25, 0.3) is 0 Å². The molecule has 26 heavy (non-hydrogen) atoms. The fourth-order valence-corrected chi connectivity index (χ4v) is 3.16. The molecule has 3 aromatic carbocycles. The van der Waals surface area contributed by atoms with Crippen LogP contribution in [0.4, 0.5) is 5.69 Å². The number of amides is 1. The van der Waals surface area contributed by atoms with Gasteiger partial charge in [0.05, 0.1) is 22.6 Å². The number of nitriles is 1. The molecule has 3 nitrogen and oxygen atoms in total. The third-order valence-electron chi connectivity index (χ3n) is 3.95. The van der Waals surface area contributed by atoms with Crippen molar-refractivity contribution in [3.63, 3.8) is 0 Å². The van der Waals surface area contributed by atoms with Crippen LogP contribution < -0.4 is 5.32 Å². The van der Waals surface area contributed by atoms with Gasteiger partial charge in [-0.25, -0.2) is 0 Å². The number of carbonyl (C=O) groups is 1. The summed E-state index contributed by atoms with van der Waals surface area (Å²) in [4.78, 5) is 12.4. The summed E-state index contributed by atoms with van der Waals surface area (Å²) in [5, 5.41) is 13.1. The van der Waals surface area contributed by atoms with E-state index in [9.17, 15) is 10.1 Å². The van der Waals surface area contributed by atoms with Crippen molar-refractivity contribution in [3.05, 3.63) is 99.5 Å². The first-order chi connectivity index (χ1) is 12.6. The Kier molecular flexibility index (Phi) is 5.58. The molecule has 0 aliphatic heterocycles. The average Bonchev–Trinajstić information content (AvgIpc) is 2.65. The number of nitrogens with zero attached hydrogens (tertiary/aromatic N) is 1. The number of hydrogen-bond donors (Lipinski definition) is 1. The predicted octanol–water partition coefficient (Wildman–Crippen LogP) is 5.90. The van der Waals surface area contributed by atoms with Crippen LogP contribution in [0.1, 0.15) is 27.4 Å². The Labute approximate surface area is 161 Å². The molecule has 0 aliphatic rings. The van der Waals surface area contributed by atoms with Gasteiger partial charge in [-0.3, -0.25) is 4.79 Å². The summed E-state index contributed by atoms with van der Waals surface area (Å²) in [5.74, 6) is -0.795. The molecular weight excluding hydrogens is 367 g/mol. The van der Waals surface area contributed by atoms with E-state index < -0.39 is 5.92 Å². The van der Waals surface area contributed by atoms with Crippen molar-refractivity contribution >= 4 is 34.8 Å². The molecule has 1 N–H and O–H groups in total. The molecule has 5 heteroatoms. The van der Waals surface area contributed by atoms with E-state index >= 15 is 0 Å². The van der Waals surface area contributed by atoms with Crippen molar-refractivity contribution in [2.24, 2.45) is 0 Å². The van der Waals surface area contributed by atoms with Gasteiger partial charge in [-0.2, -0.15) is 5.26 Å². The van der Waals surface area contributed by atoms with Crippen molar-refractivity contribution in [1.29, 1.82) is 5.26 Å². The van der Waals surface area contributed by atoms with E-state index in [2.05, 4.69) is 11.4 Å². The highest BCUT2D eigenvalue weighted by Crippen LogP contribution is 2.32. The quantitative estimate of drug-likeness (QED) is 0.612. The standard InChI is InChI=1S/C21H14Cl2N2O/c22-19-9-5-4-8-17(19)21(26)25-15-10-11-16(20(23)12-15)18(13-24)14-6-2-1-3-7-14/h1-12,18H,(H,25,26). The van der Waals surface area contributed by atoms with Crippen molar-refractivity contribution < 1.29 is 4.79 Å². The topological polar surface area (TPSA) is 52.9 Å². The Morgan fingerprint density at radius 1 is 0.923 bits per heavy atom. The zero-order valence-corrected chi connectivity index (χ0v) is 15.1. The number of halogens is 2. The van der Waals surface area contributed by atoms with E-state index in [1.54, 1.807) is 42.5 Å². The van der Waals surface area contributed by atoms with Gasteiger partial charge in [-0.05, 0) is 35.4 Å². The van der Waals surface area contributed by atoms with Crippen molar-refractivity contribution in [2.75, 3.05) is 5.32 Å². The summed E-state index contributed by atoms with van der Waals surface area (Å²) < 4.78 is 0. The Morgan fingerprint density at radius 2 is 1.62 bits per heavy atom. The van der Waals surface area contributed by atoms with Gasteiger partial charge in [0.1, 0.15) is 0 Å². The molecular formula is C21H14Cl2N2O. The second-order valence-corrected chi connectivity index (χ2v) is 6.46. The molecule has 3 rings (SSSR count). The van der Waals surface area contributed by atoms with Crippen LogP contribution >= 0.6 is 23.2 Å². The molecule has 0 bridgehead atoms. The Morgan fingerprint density at radius 3 is 2.27 bits per heavy atom. The monoisotopic (exact) mass is 380 g/mol. The number of anilines is 1. The van der Waals surface area contributed by atoms with E-state index in [0.717, 1.165) is 5.56 Å². The zero-order valence-electron chi connectivity index (χ0n) is 13.6. The van der Waals surface area contributed by atoms with Crippen LogP contribution in [0.2, 0.25) is 10.0 Å². The molecule has 0 saturated heterocycles. The van der Waals surface area contributed by atoms with E-state index in [4.69, 9.17) is 23.2 Å². The lowest BCUT2D eigenvalue weighted by Crippen LogP contribution is -2.12. The molecule has 0 spiro atoms. The maximum Gasteiger partial charge on any atom is 0.257 e. The Balaban J connectivity index is 1.85. The maximum absolute atomic E-state index is 12.4. The molecule has 128 valence electrons. The van der Waals surface area contributed by atoms with Gasteiger partial charge in [0, 0.05) is 10.7 Å². The molecule has 0 aliphatic carbocycles. The highest BCUT2D eigenvalue weighted by atomic mass is 35.5. The second kappa shape index (κ2) is 8.05. The SMILES string of the molecule is N#CC(c1ccccc1)c1ccc(NC(=O)c2ccccc2Cl)cc1Cl. The van der Waals surface area contributed by atoms with Crippen molar-refractivity contribution in [2.45, 2.75) is 5.92 Å². The van der Waals surface area contributed by atoms with Crippen LogP contribution in [-0.4, -0.2) is 5.91 Å². The first-order valence-corrected chi connectivity index (χ1v) is 8.65. The first-order valence-electron chi connectivity index (χ1n) is 7.90. The minimum absolute atomic E-state index is 0.320. The highest BCUT2D eigenvalue weighted by Gasteiger charge is 2.17. The van der Waals surface area contributed by atoms with Gasteiger partial charge in [-0.15, -0.1) is 0 Å². The Bertz CT molecular complexity index is 981. The van der Waals surface area contributed by atoms with E-state index in [1.165, 1.54) is 0 Å². The lowest BCUT2D eigenvalue weighted by molar-refractivity contribution is 0.102. The lowest BCUT2D eigenvalue weighted by Gasteiger charge is -2.14. The summed E-state index contributed by atoms with van der Waals surface area (Å²) in [7, 11) is 0. The van der Waals surface area contributed by atoms with Gasteiger partial charge >= 0.3 is 0 Å². The zero-order chi connectivity index (χ0) is 18.5. The third-order valence-corrected chi connectivity index (χ3v) is 4.61. The minimum atomic E-state index is -0.475. The molecule has 0 fully saturated rings. The van der Waals surface area contributed by atoms with Gasteiger partial charge < -0.3 is 5.32 Å². The summed E-state index contributed by atoms with van der Waals surface area (Å²) in [6, 6.07) is 23.6. The fraction of sp³-hybridized carbons (Fsp3) is 0.0476. The summed E-state index contributed by atoms with van der Waals surface area (Å²) in [6.45, 7) is 0. The minimum Gasteiger partial charge on any atom is -0.322 e. The maximum atomic E-state index is 12.4. The molecule has 0 radical (unpaired) electrons. The number of rotatable bonds is 4. The average molecular weight is 381 g/mol. The Hall–Kier alpha value is -2.80. The van der Waals surface area contributed by atoms with E-state index in [-0.39, 0.29) is 5.91 Å². The number of nitrogens with one attached hydrogen (secondary N) is 1. The molecule has 1 unspecified atom stereocenters. The number of hydrogen-bond acceptors (Lipinski definition) is 2. The number of carbonyl (C=O) groups excluding carboxylic acids is 1. The third kappa shape index (κ3) is 3.88. The van der Waals surface area contributed by atoms with Crippen molar-refractivity contribution in [1.82, 2.24) is 0 Å². The predicted molar refractivity (Wildman–Crippen MR) is 105 cm³/mol. The highest BCUT2D eigenvalue weighted by molar-refractivity contribution is 6.34. The largest absolute Gasteiger partial charge is 0.322 e. The molecule has 0 aromatic heterocycles. The van der Waals surface area contributed by atoms with Gasteiger partial charge in [0.2, 0.25) is 0 Å². The molecule has 0 saturated carbocycles. The smallest absolute Gasteiger partial charge is 0.257 e. The normalized spacial score (nSPS) is 11.4. The van der Waals surface area contributed by atoms with Crippen LogP contribution in [-0.2, 0) is 0 Å². The summed E-state index contributed by atoms with van der Waals surface area (Å²) in [5.41, 5.74) is 2.47.